The van der Waals surface area contributed by atoms with Crippen LogP contribution in [0.15, 0.2) is 60.7 Å². The van der Waals surface area contributed by atoms with Crippen molar-refractivity contribution in [2.24, 2.45) is 13.0 Å². The van der Waals surface area contributed by atoms with Gasteiger partial charge in [0, 0.05) is 31.9 Å². The molecule has 35 heavy (non-hydrogen) atoms. The second-order valence-electron chi connectivity index (χ2n) is 8.83. The number of nitrogens with one attached hydrogen (secondary N) is 2. The second-order valence-corrected chi connectivity index (χ2v) is 8.83. The summed E-state index contributed by atoms with van der Waals surface area (Å²) in [5, 5.41) is 21.7. The van der Waals surface area contributed by atoms with Gasteiger partial charge in [-0.3, -0.25) is 14.3 Å². The zero-order valence-electron chi connectivity index (χ0n) is 19.9. The normalized spacial score (nSPS) is 16.3. The number of allylic oxidation sites excluding steroid dienone is 2. The lowest BCUT2D eigenvalue weighted by Gasteiger charge is -2.28. The number of carbonyl (C=O) groups is 2. The van der Waals surface area contributed by atoms with Gasteiger partial charge in [0.1, 0.15) is 11.7 Å². The van der Waals surface area contributed by atoms with Gasteiger partial charge in [0.05, 0.1) is 11.4 Å². The summed E-state index contributed by atoms with van der Waals surface area (Å²) in [5.74, 6) is -1.23. The monoisotopic (exact) mass is 477 g/mol. The lowest BCUT2D eigenvalue weighted by Crippen LogP contribution is -2.49. The van der Waals surface area contributed by atoms with Crippen molar-refractivity contribution in [3.8, 4) is 11.1 Å². The number of aryl methyl sites for hydroxylation is 2. The van der Waals surface area contributed by atoms with E-state index >= 15 is 0 Å². The van der Waals surface area contributed by atoms with Crippen LogP contribution in [0.4, 0.5) is 10.1 Å². The number of carbonyl (C=O) groups excluding carboxylic acids is 2. The number of nitrogens with zero attached hydrogens (tertiary/aromatic N) is 3. The number of hydrogen-bond donors (Lipinski definition) is 2. The van der Waals surface area contributed by atoms with Gasteiger partial charge in [0.25, 0.3) is 5.91 Å². The van der Waals surface area contributed by atoms with Crippen molar-refractivity contribution in [2.75, 3.05) is 5.32 Å². The fraction of sp³-hybridized carbons (Fsp3) is 0.308. The Morgan fingerprint density at radius 3 is 2.57 bits per heavy atom. The molecule has 0 bridgehead atoms. The lowest BCUT2D eigenvalue weighted by molar-refractivity contribution is -0.611. The van der Waals surface area contributed by atoms with E-state index in [0.29, 0.717) is 29.9 Å². The third kappa shape index (κ3) is 5.24. The molecule has 0 saturated carbocycles. The smallest absolute Gasteiger partial charge is 0.270 e. The van der Waals surface area contributed by atoms with Crippen LogP contribution in [0.5, 0.6) is 0 Å². The van der Waals surface area contributed by atoms with E-state index in [1.807, 2.05) is 19.1 Å². The quantitative estimate of drug-likeness (QED) is 0.417. The summed E-state index contributed by atoms with van der Waals surface area (Å²) in [5.41, 5.74) is 4.15. The topological polar surface area (TPSA) is 103 Å². The molecular weight excluding hydrogens is 449 g/mol. The van der Waals surface area contributed by atoms with Crippen molar-refractivity contribution in [3.63, 3.8) is 0 Å². The van der Waals surface area contributed by atoms with E-state index in [1.165, 1.54) is 23.2 Å². The van der Waals surface area contributed by atoms with Crippen molar-refractivity contribution in [1.82, 2.24) is 15.1 Å². The third-order valence-corrected chi connectivity index (χ3v) is 6.48. The lowest BCUT2D eigenvalue weighted by atomic mass is 9.86. The molecule has 0 fully saturated rings. The Morgan fingerprint density at radius 1 is 1.20 bits per heavy atom. The summed E-state index contributed by atoms with van der Waals surface area (Å²) in [4.78, 5) is 26.1. The number of rotatable bonds is 6. The van der Waals surface area contributed by atoms with Crippen molar-refractivity contribution in [3.05, 3.63) is 82.9 Å². The van der Waals surface area contributed by atoms with Crippen LogP contribution in [0, 0.1) is 25.0 Å². The molecule has 2 amide bonds. The van der Waals surface area contributed by atoms with Gasteiger partial charge in [-0.25, -0.2) is 4.39 Å². The van der Waals surface area contributed by atoms with E-state index in [0.717, 1.165) is 21.4 Å². The molecule has 1 aliphatic rings. The van der Waals surface area contributed by atoms with E-state index in [9.17, 15) is 19.2 Å². The van der Waals surface area contributed by atoms with E-state index in [4.69, 9.17) is 0 Å². The van der Waals surface area contributed by atoms with Crippen LogP contribution in [-0.2, 0) is 11.8 Å². The van der Waals surface area contributed by atoms with Crippen LogP contribution < -0.4 is 15.4 Å². The predicted octanol–water partition coefficient (Wildman–Crippen LogP) is 3.73. The zero-order chi connectivity index (χ0) is 25.1. The van der Waals surface area contributed by atoms with Crippen LogP contribution >= 0.6 is 0 Å². The first-order chi connectivity index (χ1) is 16.7. The Bertz CT molecular complexity index is 1280. The summed E-state index contributed by atoms with van der Waals surface area (Å²) >= 11 is 0. The van der Waals surface area contributed by atoms with E-state index in [-0.39, 0.29) is 24.1 Å². The van der Waals surface area contributed by atoms with Gasteiger partial charge in [-0.15, -0.1) is 0 Å². The average Bonchev–Trinajstić information content (AvgIpc) is 3.27. The fourth-order valence-electron chi connectivity index (χ4n) is 4.48. The highest BCUT2D eigenvalue weighted by Crippen LogP contribution is 2.29. The SMILES string of the molecule is Cc1cc[n+]([O-])c(C)c1-c1ccc(NC(=O)[C@@H](NC(=O)c2ccnn2C)[C@H]2CC=C(F)CC2)cc1. The Labute approximate surface area is 203 Å². The third-order valence-electron chi connectivity index (χ3n) is 6.48. The highest BCUT2D eigenvalue weighted by Gasteiger charge is 2.32. The number of benzene rings is 1. The first-order valence-electron chi connectivity index (χ1n) is 11.5. The maximum atomic E-state index is 13.6. The number of pyridine rings is 1. The molecule has 0 radical (unpaired) electrons. The number of hydrogen-bond acceptors (Lipinski definition) is 4. The van der Waals surface area contributed by atoms with Gasteiger partial charge in [-0.2, -0.15) is 9.83 Å². The number of halogens is 1. The predicted molar refractivity (Wildman–Crippen MR) is 130 cm³/mol. The first kappa shape index (κ1) is 24.1. The molecule has 3 aromatic rings. The molecular formula is C26H28FN5O3. The van der Waals surface area contributed by atoms with E-state index < -0.39 is 11.9 Å². The maximum absolute atomic E-state index is 13.6. The highest BCUT2D eigenvalue weighted by molar-refractivity contribution is 6.00. The summed E-state index contributed by atoms with van der Waals surface area (Å²) in [6, 6.07) is 9.69. The standard InChI is InChI=1S/C26H28FN5O3/c1-16-13-15-32(35)17(2)23(16)18-6-10-21(11-7-18)29-26(34)24(19-4-8-20(27)9-5-19)30-25(33)22-12-14-28-31(22)3/h6-8,10-15,19,24H,4-5,9H2,1-3H3,(H,29,34)(H,30,33)/t19-,24-/m0/s1. The Morgan fingerprint density at radius 2 is 1.94 bits per heavy atom. The highest BCUT2D eigenvalue weighted by atomic mass is 19.1. The van der Waals surface area contributed by atoms with Crippen molar-refractivity contribution < 1.29 is 18.7 Å². The van der Waals surface area contributed by atoms with Gasteiger partial charge < -0.3 is 15.8 Å². The fourth-order valence-corrected chi connectivity index (χ4v) is 4.48. The number of aromatic nitrogens is 3. The zero-order valence-corrected chi connectivity index (χ0v) is 19.9. The molecule has 1 aromatic carbocycles. The molecule has 1 aliphatic carbocycles. The summed E-state index contributed by atoms with van der Waals surface area (Å²) in [6.07, 6.45) is 5.51. The van der Waals surface area contributed by atoms with Crippen LogP contribution in [0.1, 0.15) is 41.0 Å². The molecule has 2 N–H and O–H groups in total. The van der Waals surface area contributed by atoms with Crippen molar-refractivity contribution in [1.29, 1.82) is 0 Å². The van der Waals surface area contributed by atoms with Gasteiger partial charge >= 0.3 is 0 Å². The molecule has 2 aromatic heterocycles. The summed E-state index contributed by atoms with van der Waals surface area (Å²) in [7, 11) is 1.65. The van der Waals surface area contributed by atoms with Crippen LogP contribution in [-0.4, -0.2) is 27.6 Å². The van der Waals surface area contributed by atoms with E-state index in [1.54, 1.807) is 38.2 Å². The molecule has 4 rings (SSSR count). The van der Waals surface area contributed by atoms with Crippen molar-refractivity contribution in [2.45, 2.75) is 39.2 Å². The van der Waals surface area contributed by atoms with Gasteiger partial charge in [-0.1, -0.05) is 18.2 Å². The van der Waals surface area contributed by atoms with Crippen LogP contribution in [0.3, 0.4) is 0 Å². The van der Waals surface area contributed by atoms with Crippen molar-refractivity contribution >= 4 is 17.5 Å². The average molecular weight is 478 g/mol. The maximum Gasteiger partial charge on any atom is 0.270 e. The molecule has 2 atom stereocenters. The molecule has 0 saturated heterocycles. The Balaban J connectivity index is 1.54. The Kier molecular flexibility index (Phi) is 6.95. The largest absolute Gasteiger partial charge is 0.618 e. The molecule has 0 aliphatic heterocycles. The van der Waals surface area contributed by atoms with Gasteiger partial charge in [-0.05, 0) is 61.4 Å². The molecule has 8 nitrogen and oxygen atoms in total. The molecule has 0 spiro atoms. The van der Waals surface area contributed by atoms with Gasteiger partial charge in [0.15, 0.2) is 11.9 Å². The minimum Gasteiger partial charge on any atom is -0.618 e. The molecule has 182 valence electrons. The summed E-state index contributed by atoms with van der Waals surface area (Å²) < 4.78 is 15.9. The van der Waals surface area contributed by atoms with Crippen LogP contribution in [0.25, 0.3) is 11.1 Å². The molecule has 0 unspecified atom stereocenters. The summed E-state index contributed by atoms with van der Waals surface area (Å²) in [6.45, 7) is 3.71. The number of anilines is 1. The molecule has 2 heterocycles. The van der Waals surface area contributed by atoms with Crippen LogP contribution in [0.2, 0.25) is 0 Å². The molecule has 9 heteroatoms. The Hall–Kier alpha value is -4.01. The second kappa shape index (κ2) is 10.1. The number of amides is 2. The van der Waals surface area contributed by atoms with E-state index in [2.05, 4.69) is 15.7 Å². The van der Waals surface area contributed by atoms with Gasteiger partial charge in [0.2, 0.25) is 5.91 Å². The first-order valence-corrected chi connectivity index (χ1v) is 11.5. The minimum absolute atomic E-state index is 0.195. The minimum atomic E-state index is -0.848.